The molecule has 1 amide bonds. The smallest absolute Gasteiger partial charge is 0.248 e. The number of rotatable bonds is 4. The van der Waals surface area contributed by atoms with Crippen molar-refractivity contribution in [3.05, 3.63) is 77.8 Å². The van der Waals surface area contributed by atoms with Gasteiger partial charge in [0.25, 0.3) is 0 Å². The standard InChI is InChI=1S/C22H18N2O3/c1-14-11-19-20(12-15(14)2)27-22(24-19)16-5-3-6-17(13-16)23-21(25)9-8-18-7-4-10-26-18/h3-13H,1-2H3,(H,23,25)/b9-8+. The number of carbonyl (C=O) groups excluding carboxylic acids is 1. The molecular formula is C22H18N2O3. The Bertz CT molecular complexity index is 1100. The molecule has 0 saturated carbocycles. The highest BCUT2D eigenvalue weighted by Crippen LogP contribution is 2.27. The van der Waals surface area contributed by atoms with Gasteiger partial charge in [0, 0.05) is 17.3 Å². The lowest BCUT2D eigenvalue weighted by molar-refractivity contribution is -0.111. The van der Waals surface area contributed by atoms with Gasteiger partial charge >= 0.3 is 0 Å². The van der Waals surface area contributed by atoms with Crippen molar-refractivity contribution in [2.45, 2.75) is 13.8 Å². The zero-order valence-corrected chi connectivity index (χ0v) is 15.0. The topological polar surface area (TPSA) is 68.3 Å². The minimum atomic E-state index is -0.243. The highest BCUT2D eigenvalue weighted by atomic mass is 16.3. The first-order chi connectivity index (χ1) is 13.1. The zero-order chi connectivity index (χ0) is 18.8. The van der Waals surface area contributed by atoms with Crippen LogP contribution in [0.5, 0.6) is 0 Å². The highest BCUT2D eigenvalue weighted by molar-refractivity contribution is 6.02. The number of oxazole rings is 1. The van der Waals surface area contributed by atoms with Crippen molar-refractivity contribution in [3.63, 3.8) is 0 Å². The van der Waals surface area contributed by atoms with Crippen LogP contribution in [0.3, 0.4) is 0 Å². The molecule has 4 aromatic rings. The third-order valence-electron chi connectivity index (χ3n) is 4.32. The Morgan fingerprint density at radius 2 is 1.93 bits per heavy atom. The van der Waals surface area contributed by atoms with Crippen LogP contribution >= 0.6 is 0 Å². The molecule has 134 valence electrons. The SMILES string of the molecule is Cc1cc2nc(-c3cccc(NC(=O)/C=C/c4ccco4)c3)oc2cc1C. The number of hydrogen-bond acceptors (Lipinski definition) is 4. The Hall–Kier alpha value is -3.60. The lowest BCUT2D eigenvalue weighted by Gasteiger charge is -2.03. The van der Waals surface area contributed by atoms with Gasteiger partial charge in [-0.1, -0.05) is 6.07 Å². The Morgan fingerprint density at radius 3 is 2.74 bits per heavy atom. The molecule has 0 aliphatic heterocycles. The van der Waals surface area contributed by atoms with E-state index in [2.05, 4.69) is 17.2 Å². The summed E-state index contributed by atoms with van der Waals surface area (Å²) in [6.45, 7) is 4.10. The molecule has 5 nitrogen and oxygen atoms in total. The predicted octanol–water partition coefficient (Wildman–Crippen LogP) is 5.36. The normalized spacial score (nSPS) is 11.3. The summed E-state index contributed by atoms with van der Waals surface area (Å²) in [5, 5.41) is 2.83. The van der Waals surface area contributed by atoms with Crippen molar-refractivity contribution in [2.24, 2.45) is 0 Å². The lowest BCUT2D eigenvalue weighted by Crippen LogP contribution is -2.07. The van der Waals surface area contributed by atoms with Gasteiger partial charge in [-0.25, -0.2) is 4.98 Å². The summed E-state index contributed by atoms with van der Waals surface area (Å²) in [7, 11) is 0. The Labute approximate surface area is 156 Å². The average Bonchev–Trinajstić information content (AvgIpc) is 3.30. The van der Waals surface area contributed by atoms with Crippen LogP contribution in [-0.2, 0) is 4.79 Å². The molecule has 0 radical (unpaired) electrons. The fraction of sp³-hybridized carbons (Fsp3) is 0.0909. The molecule has 2 heterocycles. The Balaban J connectivity index is 1.56. The molecule has 5 heteroatoms. The van der Waals surface area contributed by atoms with Crippen molar-refractivity contribution in [1.29, 1.82) is 0 Å². The molecule has 0 unspecified atom stereocenters. The number of amides is 1. The van der Waals surface area contributed by atoms with E-state index in [-0.39, 0.29) is 5.91 Å². The second-order valence-corrected chi connectivity index (χ2v) is 6.34. The summed E-state index contributed by atoms with van der Waals surface area (Å²) < 4.78 is 11.1. The van der Waals surface area contributed by atoms with E-state index in [1.54, 1.807) is 24.5 Å². The molecule has 0 bridgehead atoms. The number of nitrogens with one attached hydrogen (secondary N) is 1. The van der Waals surface area contributed by atoms with Crippen molar-refractivity contribution < 1.29 is 13.6 Å². The lowest BCUT2D eigenvalue weighted by atomic mass is 10.1. The van der Waals surface area contributed by atoms with E-state index in [1.807, 2.05) is 43.3 Å². The van der Waals surface area contributed by atoms with E-state index in [9.17, 15) is 4.79 Å². The number of furan rings is 1. The minimum Gasteiger partial charge on any atom is -0.465 e. The number of benzene rings is 2. The van der Waals surface area contributed by atoms with Crippen LogP contribution in [0.1, 0.15) is 16.9 Å². The van der Waals surface area contributed by atoms with E-state index in [1.165, 1.54) is 11.6 Å². The Kier molecular flexibility index (Phi) is 4.34. The first kappa shape index (κ1) is 16.8. The fourth-order valence-electron chi connectivity index (χ4n) is 2.76. The third kappa shape index (κ3) is 3.67. The number of fused-ring (bicyclic) bond motifs is 1. The van der Waals surface area contributed by atoms with Gasteiger partial charge in [-0.05, 0) is 73.5 Å². The van der Waals surface area contributed by atoms with Crippen molar-refractivity contribution in [2.75, 3.05) is 5.32 Å². The predicted molar refractivity (Wildman–Crippen MR) is 105 cm³/mol. The van der Waals surface area contributed by atoms with Gasteiger partial charge in [0.1, 0.15) is 11.3 Å². The van der Waals surface area contributed by atoms with E-state index in [0.717, 1.165) is 22.2 Å². The van der Waals surface area contributed by atoms with Gasteiger partial charge in [0.05, 0.1) is 6.26 Å². The summed E-state index contributed by atoms with van der Waals surface area (Å²) in [6, 6.07) is 15.0. The van der Waals surface area contributed by atoms with Crippen LogP contribution in [-0.4, -0.2) is 10.9 Å². The van der Waals surface area contributed by atoms with Crippen LogP contribution in [0, 0.1) is 13.8 Å². The van der Waals surface area contributed by atoms with E-state index >= 15 is 0 Å². The van der Waals surface area contributed by atoms with Gasteiger partial charge in [-0.2, -0.15) is 0 Å². The van der Waals surface area contributed by atoms with Gasteiger partial charge in [0.15, 0.2) is 5.58 Å². The summed E-state index contributed by atoms with van der Waals surface area (Å²) in [6.07, 6.45) is 4.60. The maximum Gasteiger partial charge on any atom is 0.248 e. The molecule has 0 aliphatic rings. The summed E-state index contributed by atoms with van der Waals surface area (Å²) in [5.41, 5.74) is 5.37. The number of anilines is 1. The minimum absolute atomic E-state index is 0.243. The molecule has 0 aliphatic carbocycles. The number of hydrogen-bond donors (Lipinski definition) is 1. The van der Waals surface area contributed by atoms with Crippen LogP contribution in [0.4, 0.5) is 5.69 Å². The molecular weight excluding hydrogens is 340 g/mol. The maximum absolute atomic E-state index is 12.1. The molecule has 2 aromatic carbocycles. The largest absolute Gasteiger partial charge is 0.465 e. The van der Waals surface area contributed by atoms with Crippen LogP contribution in [0.25, 0.3) is 28.6 Å². The summed E-state index contributed by atoms with van der Waals surface area (Å²) in [5.74, 6) is 0.903. The second kappa shape index (κ2) is 6.96. The van der Waals surface area contributed by atoms with E-state index < -0.39 is 0 Å². The number of aryl methyl sites for hydroxylation is 2. The Morgan fingerprint density at radius 1 is 1.07 bits per heavy atom. The third-order valence-corrected chi connectivity index (χ3v) is 4.32. The quantitative estimate of drug-likeness (QED) is 0.499. The summed E-state index contributed by atoms with van der Waals surface area (Å²) in [4.78, 5) is 16.7. The number of nitrogens with zero attached hydrogens (tertiary/aromatic N) is 1. The second-order valence-electron chi connectivity index (χ2n) is 6.34. The number of carbonyl (C=O) groups is 1. The zero-order valence-electron chi connectivity index (χ0n) is 15.0. The molecule has 4 rings (SSSR count). The summed E-state index contributed by atoms with van der Waals surface area (Å²) >= 11 is 0. The van der Waals surface area contributed by atoms with Crippen molar-refractivity contribution >= 4 is 28.8 Å². The highest BCUT2D eigenvalue weighted by Gasteiger charge is 2.10. The first-order valence-electron chi connectivity index (χ1n) is 8.59. The molecule has 0 atom stereocenters. The molecule has 0 fully saturated rings. The van der Waals surface area contributed by atoms with Crippen molar-refractivity contribution in [1.82, 2.24) is 4.98 Å². The van der Waals surface area contributed by atoms with Crippen LogP contribution < -0.4 is 5.32 Å². The molecule has 2 aromatic heterocycles. The molecule has 1 N–H and O–H groups in total. The van der Waals surface area contributed by atoms with Gasteiger partial charge in [-0.3, -0.25) is 4.79 Å². The van der Waals surface area contributed by atoms with Crippen LogP contribution in [0.2, 0.25) is 0 Å². The fourth-order valence-corrected chi connectivity index (χ4v) is 2.76. The molecule has 27 heavy (non-hydrogen) atoms. The van der Waals surface area contributed by atoms with Gasteiger partial charge < -0.3 is 14.2 Å². The van der Waals surface area contributed by atoms with E-state index in [4.69, 9.17) is 8.83 Å². The number of aromatic nitrogens is 1. The maximum atomic E-state index is 12.1. The van der Waals surface area contributed by atoms with Crippen molar-refractivity contribution in [3.8, 4) is 11.5 Å². The van der Waals surface area contributed by atoms with Crippen LogP contribution in [0.15, 0.2) is 69.7 Å². The molecule has 0 spiro atoms. The van der Waals surface area contributed by atoms with E-state index in [0.29, 0.717) is 17.3 Å². The monoisotopic (exact) mass is 358 g/mol. The van der Waals surface area contributed by atoms with Gasteiger partial charge in [-0.15, -0.1) is 0 Å². The average molecular weight is 358 g/mol. The first-order valence-corrected chi connectivity index (χ1v) is 8.59. The van der Waals surface area contributed by atoms with Gasteiger partial charge in [0.2, 0.25) is 11.8 Å². The molecule has 0 saturated heterocycles.